The second-order valence-electron chi connectivity index (χ2n) is 16.5. The maximum absolute atomic E-state index is 6.72. The zero-order valence-electron chi connectivity index (χ0n) is 36.5. The molecule has 0 spiro atoms. The molecule has 2 aromatic heterocycles. The molecule has 12 rings (SSSR count). The molecule has 5 nitrogen and oxygen atoms in total. The predicted molar refractivity (Wildman–Crippen MR) is 271 cm³/mol. The Kier molecular flexibility index (Phi) is 11.1. The molecule has 0 radical (unpaired) electrons. The quantitative estimate of drug-likeness (QED) is 0.135. The summed E-state index contributed by atoms with van der Waals surface area (Å²) in [7, 11) is 0. The summed E-state index contributed by atoms with van der Waals surface area (Å²) in [6.07, 6.45) is 1.98. The van der Waals surface area contributed by atoms with Crippen LogP contribution in [0.3, 0.4) is 0 Å². The van der Waals surface area contributed by atoms with Gasteiger partial charge in [0.2, 0.25) is 0 Å². The molecule has 0 bridgehead atoms. The molecule has 3 heterocycles. The standard InChI is InChI=1S/C61H41N4O.Pt/c1-42-36-60(62-40-55(42)46-24-12-5-13-25-46)65-56-35-32-47(43-18-6-2-7-19-43)37-54(56)53-34-33-50(39-59(53)65)66-49-27-16-26-48(38-49)63-41-64(58-31-15-14-30-57(58)63)61-51(44-20-8-3-9-21-44)28-17-29-52(61)45-22-10-4-11-23-45;/h2-37,40-41H,1H3;/q-3;. The number of para-hydroxylation sites is 3. The number of hydrogen-bond donors (Lipinski definition) is 0. The molecule has 67 heavy (non-hydrogen) atoms. The van der Waals surface area contributed by atoms with Crippen LogP contribution < -0.4 is 14.5 Å². The summed E-state index contributed by atoms with van der Waals surface area (Å²) in [5, 5.41) is 2.18. The van der Waals surface area contributed by atoms with Crippen molar-refractivity contribution in [1.29, 1.82) is 0 Å². The van der Waals surface area contributed by atoms with E-state index in [1.165, 1.54) is 5.56 Å². The zero-order chi connectivity index (χ0) is 44.0. The SMILES string of the molecule is Cc1cc(-n2c3[c-]c(Oc4[c-]c(N5[CH-]N(c6c(-c7ccccc7)cccc6-c6ccccc6)c6ccccc65)ccc4)ccc3c3cc(-c4ccccc4)ccc32)ncc1-c1ccccc1.[Pt]. The zero-order valence-corrected chi connectivity index (χ0v) is 38.7. The number of pyridine rings is 1. The molecule has 6 heteroatoms. The minimum atomic E-state index is 0. The molecule has 0 atom stereocenters. The van der Waals surface area contributed by atoms with Crippen molar-refractivity contribution in [1.82, 2.24) is 9.55 Å². The van der Waals surface area contributed by atoms with Gasteiger partial charge in [0.1, 0.15) is 5.82 Å². The molecule has 0 saturated carbocycles. The molecule has 9 aromatic carbocycles. The molecule has 0 unspecified atom stereocenters. The van der Waals surface area contributed by atoms with Gasteiger partial charge in [0.25, 0.3) is 0 Å². The monoisotopic (exact) mass is 1040 g/mol. The predicted octanol–water partition coefficient (Wildman–Crippen LogP) is 16.0. The van der Waals surface area contributed by atoms with Crippen molar-refractivity contribution in [2.75, 3.05) is 9.80 Å². The summed E-state index contributed by atoms with van der Waals surface area (Å²) in [5.41, 5.74) is 16.3. The van der Waals surface area contributed by atoms with Crippen LogP contribution in [0.5, 0.6) is 11.5 Å². The number of hydrogen-bond acceptors (Lipinski definition) is 4. The molecule has 0 N–H and O–H groups in total. The van der Waals surface area contributed by atoms with Gasteiger partial charge >= 0.3 is 0 Å². The van der Waals surface area contributed by atoms with E-state index in [1.54, 1.807) is 0 Å². The third-order valence-electron chi connectivity index (χ3n) is 12.5. The molecule has 0 fully saturated rings. The van der Waals surface area contributed by atoms with E-state index < -0.39 is 0 Å². The first-order valence-corrected chi connectivity index (χ1v) is 22.2. The van der Waals surface area contributed by atoms with Crippen molar-refractivity contribution in [3.05, 3.63) is 249 Å². The van der Waals surface area contributed by atoms with Gasteiger partial charge < -0.3 is 19.1 Å². The summed E-state index contributed by atoms with van der Waals surface area (Å²) in [6, 6.07) is 83.6. The summed E-state index contributed by atoms with van der Waals surface area (Å²) >= 11 is 0. The van der Waals surface area contributed by atoms with Crippen LogP contribution in [-0.2, 0) is 21.1 Å². The topological polar surface area (TPSA) is 33.5 Å². The van der Waals surface area contributed by atoms with E-state index in [2.05, 4.69) is 234 Å². The van der Waals surface area contributed by atoms with Crippen LogP contribution in [-0.4, -0.2) is 9.55 Å². The third-order valence-corrected chi connectivity index (χ3v) is 12.5. The maximum atomic E-state index is 6.72. The largest absolute Gasteiger partial charge is 0.509 e. The Morgan fingerprint density at radius 2 is 1.03 bits per heavy atom. The maximum Gasteiger partial charge on any atom is 0.135 e. The van der Waals surface area contributed by atoms with Crippen LogP contribution >= 0.6 is 0 Å². The van der Waals surface area contributed by atoms with E-state index in [0.717, 1.165) is 94.9 Å². The smallest absolute Gasteiger partial charge is 0.135 e. The van der Waals surface area contributed by atoms with Gasteiger partial charge in [-0.15, -0.1) is 48.1 Å². The van der Waals surface area contributed by atoms with E-state index in [9.17, 15) is 0 Å². The van der Waals surface area contributed by atoms with E-state index >= 15 is 0 Å². The fourth-order valence-corrected chi connectivity index (χ4v) is 9.36. The van der Waals surface area contributed by atoms with Gasteiger partial charge in [0.15, 0.2) is 0 Å². The van der Waals surface area contributed by atoms with Crippen molar-refractivity contribution >= 4 is 44.6 Å². The molecule has 0 amide bonds. The Hall–Kier alpha value is -7.98. The summed E-state index contributed by atoms with van der Waals surface area (Å²) in [4.78, 5) is 9.59. The molecule has 11 aromatic rings. The Bertz CT molecular complexity index is 3500. The molecule has 1 aliphatic heterocycles. The van der Waals surface area contributed by atoms with Crippen LogP contribution in [0.4, 0.5) is 22.7 Å². The Morgan fingerprint density at radius 3 is 1.67 bits per heavy atom. The van der Waals surface area contributed by atoms with Crippen LogP contribution in [0.2, 0.25) is 0 Å². The number of benzene rings is 9. The Morgan fingerprint density at radius 1 is 0.463 bits per heavy atom. The Balaban J connectivity index is 0.00000494. The number of rotatable bonds is 9. The van der Waals surface area contributed by atoms with E-state index in [-0.39, 0.29) is 21.1 Å². The minimum absolute atomic E-state index is 0. The molecule has 1 aliphatic rings. The van der Waals surface area contributed by atoms with E-state index in [4.69, 9.17) is 9.72 Å². The van der Waals surface area contributed by atoms with Gasteiger partial charge in [-0.05, 0) is 70.0 Å². The molecular weight excluding hydrogens is 1000 g/mol. The molecule has 324 valence electrons. The van der Waals surface area contributed by atoms with Crippen molar-refractivity contribution in [3.8, 4) is 61.8 Å². The van der Waals surface area contributed by atoms with Gasteiger partial charge in [0, 0.05) is 78.0 Å². The average Bonchev–Trinajstić information content (AvgIpc) is 3.93. The summed E-state index contributed by atoms with van der Waals surface area (Å²) in [5.74, 6) is 1.98. The van der Waals surface area contributed by atoms with Crippen LogP contribution in [0.1, 0.15) is 5.56 Å². The van der Waals surface area contributed by atoms with Crippen molar-refractivity contribution < 1.29 is 25.8 Å². The van der Waals surface area contributed by atoms with Crippen LogP contribution in [0, 0.1) is 25.7 Å². The summed E-state index contributed by atoms with van der Waals surface area (Å²) < 4.78 is 8.93. The van der Waals surface area contributed by atoms with Gasteiger partial charge in [-0.2, -0.15) is 12.1 Å². The second kappa shape index (κ2) is 17.8. The number of ether oxygens (including phenoxy) is 1. The number of aryl methyl sites for hydroxylation is 1. The van der Waals surface area contributed by atoms with Crippen molar-refractivity contribution in [2.45, 2.75) is 6.92 Å². The molecular formula is C61H41N4OPt-3. The fraction of sp³-hybridized carbons (Fsp3) is 0.0164. The van der Waals surface area contributed by atoms with Gasteiger partial charge in [-0.1, -0.05) is 169 Å². The van der Waals surface area contributed by atoms with Crippen molar-refractivity contribution in [2.24, 2.45) is 0 Å². The molecule has 0 saturated heterocycles. The Labute approximate surface area is 405 Å². The first-order chi connectivity index (χ1) is 32.6. The second-order valence-corrected chi connectivity index (χ2v) is 16.5. The first-order valence-electron chi connectivity index (χ1n) is 22.2. The van der Waals surface area contributed by atoms with Crippen LogP contribution in [0.15, 0.2) is 225 Å². The normalized spacial score (nSPS) is 12.0. The fourth-order valence-electron chi connectivity index (χ4n) is 9.36. The van der Waals surface area contributed by atoms with Crippen LogP contribution in [0.25, 0.3) is 72.1 Å². The van der Waals surface area contributed by atoms with Crippen molar-refractivity contribution in [3.63, 3.8) is 0 Å². The number of nitrogens with zero attached hydrogens (tertiary/aromatic N) is 4. The number of aromatic nitrogens is 2. The van der Waals surface area contributed by atoms with E-state index in [0.29, 0.717) is 11.5 Å². The minimum Gasteiger partial charge on any atom is -0.509 e. The van der Waals surface area contributed by atoms with Gasteiger partial charge in [-0.3, -0.25) is 0 Å². The summed E-state index contributed by atoms with van der Waals surface area (Å²) in [6.45, 7) is 4.32. The number of fused-ring (bicyclic) bond motifs is 4. The first kappa shape index (κ1) is 41.7. The average molecular weight is 1040 g/mol. The van der Waals surface area contributed by atoms with E-state index in [1.807, 2.05) is 30.5 Å². The van der Waals surface area contributed by atoms with Gasteiger partial charge in [0.05, 0.1) is 0 Å². The number of anilines is 4. The third kappa shape index (κ3) is 7.68. The van der Waals surface area contributed by atoms with Gasteiger partial charge in [-0.25, -0.2) is 4.98 Å². The molecule has 0 aliphatic carbocycles.